The van der Waals surface area contributed by atoms with Crippen LogP contribution in [0.3, 0.4) is 0 Å². The van der Waals surface area contributed by atoms with E-state index in [1.807, 2.05) is 13.8 Å². The predicted molar refractivity (Wildman–Crippen MR) is 153 cm³/mol. The molecule has 0 bridgehead atoms. The van der Waals surface area contributed by atoms with Gasteiger partial charge in [0.15, 0.2) is 0 Å². The van der Waals surface area contributed by atoms with Crippen molar-refractivity contribution in [1.29, 1.82) is 0 Å². The second-order valence-corrected chi connectivity index (χ2v) is 13.9. The summed E-state index contributed by atoms with van der Waals surface area (Å²) in [6.45, 7) is 22.3. The third-order valence-electron chi connectivity index (χ3n) is 8.15. The molecule has 2 aromatic rings. The van der Waals surface area contributed by atoms with Gasteiger partial charge in [-0.25, -0.2) is 0 Å². The maximum atomic E-state index is 11.8. The summed E-state index contributed by atoms with van der Waals surface area (Å²) in [6, 6.07) is 9.61. The van der Waals surface area contributed by atoms with E-state index in [1.165, 1.54) is 65.7 Å². The van der Waals surface area contributed by atoms with Crippen molar-refractivity contribution in [1.82, 2.24) is 9.88 Å². The van der Waals surface area contributed by atoms with Crippen LogP contribution < -0.4 is 11.1 Å². The van der Waals surface area contributed by atoms with E-state index in [4.69, 9.17) is 5.73 Å². The van der Waals surface area contributed by atoms with Gasteiger partial charge < -0.3 is 15.6 Å². The lowest BCUT2D eigenvalue weighted by Crippen LogP contribution is -2.40. The summed E-state index contributed by atoms with van der Waals surface area (Å²) in [7, 11) is 0. The maximum Gasteiger partial charge on any atom is 0.224 e. The molecule has 0 atom stereocenters. The molecule has 1 heterocycles. The van der Waals surface area contributed by atoms with Crippen molar-refractivity contribution in [3.05, 3.63) is 46.6 Å². The number of nitrogens with zero attached hydrogens (tertiary/aromatic N) is 1. The van der Waals surface area contributed by atoms with Gasteiger partial charge in [-0.3, -0.25) is 4.79 Å². The second-order valence-electron chi connectivity index (χ2n) is 13.9. The molecule has 1 aromatic heterocycles. The first-order valence-corrected chi connectivity index (χ1v) is 14.0. The van der Waals surface area contributed by atoms with Gasteiger partial charge in [0.05, 0.1) is 5.41 Å². The second kappa shape index (κ2) is 10.7. The van der Waals surface area contributed by atoms with Gasteiger partial charge in [-0.15, -0.1) is 0 Å². The Kier molecular flexibility index (Phi) is 8.50. The Hall–Kier alpha value is -2.07. The van der Waals surface area contributed by atoms with E-state index in [0.717, 1.165) is 19.0 Å². The van der Waals surface area contributed by atoms with Crippen LogP contribution in [0.1, 0.15) is 110 Å². The Balaban J connectivity index is 2.06. The minimum absolute atomic E-state index is 0.0799. The molecule has 1 aromatic carbocycles. The van der Waals surface area contributed by atoms with Gasteiger partial charge >= 0.3 is 0 Å². The summed E-state index contributed by atoms with van der Waals surface area (Å²) >= 11 is 0. The molecule has 1 aliphatic rings. The number of nitrogens with one attached hydrogen (secondary N) is 1. The van der Waals surface area contributed by atoms with Gasteiger partial charge in [0.1, 0.15) is 0 Å². The van der Waals surface area contributed by atoms with E-state index in [-0.39, 0.29) is 16.7 Å². The summed E-state index contributed by atoms with van der Waals surface area (Å²) < 4.78 is 2.58. The summed E-state index contributed by atoms with van der Waals surface area (Å²) in [5.74, 6) is 0.474. The predicted octanol–water partition coefficient (Wildman–Crippen LogP) is 7.24. The van der Waals surface area contributed by atoms with Gasteiger partial charge in [0.2, 0.25) is 5.91 Å². The van der Waals surface area contributed by atoms with Crippen LogP contribution in [-0.2, 0) is 28.7 Å². The van der Waals surface area contributed by atoms with Crippen molar-refractivity contribution in [2.45, 2.75) is 118 Å². The smallest absolute Gasteiger partial charge is 0.224 e. The van der Waals surface area contributed by atoms with Crippen LogP contribution in [0.5, 0.6) is 0 Å². The standard InChI is InChI=1S/C32H51N3O/c1-22-25(19-34-21-32(8,9)29(33)36)17-28(35(22)20-23-13-11-10-12-14-23)24-15-26(30(2,3)4)18-27(16-24)31(5,6)7/h15-18,23,34H,10-14,19-21H2,1-9H3,(H2,33,36). The minimum atomic E-state index is -0.565. The quantitative estimate of drug-likeness (QED) is 0.407. The van der Waals surface area contributed by atoms with E-state index in [2.05, 4.69) is 82.6 Å². The number of hydrogen-bond donors (Lipinski definition) is 2. The number of benzene rings is 1. The van der Waals surface area contributed by atoms with Crippen LogP contribution in [-0.4, -0.2) is 17.0 Å². The van der Waals surface area contributed by atoms with Crippen molar-refractivity contribution in [2.24, 2.45) is 17.1 Å². The third kappa shape index (κ3) is 6.82. The zero-order valence-corrected chi connectivity index (χ0v) is 24.5. The van der Waals surface area contributed by atoms with Crippen LogP contribution in [0.2, 0.25) is 0 Å². The molecular weight excluding hydrogens is 442 g/mol. The Morgan fingerprint density at radius 3 is 1.97 bits per heavy atom. The molecule has 0 spiro atoms. The largest absolute Gasteiger partial charge is 0.369 e. The first-order chi connectivity index (χ1) is 16.6. The lowest BCUT2D eigenvalue weighted by atomic mass is 9.79. The van der Waals surface area contributed by atoms with Gasteiger partial charge in [-0.1, -0.05) is 66.9 Å². The Labute approximate surface area is 220 Å². The van der Waals surface area contributed by atoms with Crippen LogP contribution in [0.4, 0.5) is 0 Å². The highest BCUT2D eigenvalue weighted by Gasteiger charge is 2.26. The number of carbonyl (C=O) groups excluding carboxylic acids is 1. The van der Waals surface area contributed by atoms with Gasteiger partial charge in [0.25, 0.3) is 0 Å². The molecule has 1 aliphatic carbocycles. The minimum Gasteiger partial charge on any atom is -0.369 e. The summed E-state index contributed by atoms with van der Waals surface area (Å²) in [5.41, 5.74) is 13.2. The van der Waals surface area contributed by atoms with E-state index in [0.29, 0.717) is 6.54 Å². The first kappa shape index (κ1) is 28.5. The molecule has 3 N–H and O–H groups in total. The fourth-order valence-electron chi connectivity index (χ4n) is 5.22. The fourth-order valence-corrected chi connectivity index (χ4v) is 5.22. The molecule has 0 aliphatic heterocycles. The first-order valence-electron chi connectivity index (χ1n) is 14.0. The zero-order chi connectivity index (χ0) is 26.9. The number of nitrogens with two attached hydrogens (primary N) is 1. The number of hydrogen-bond acceptors (Lipinski definition) is 2. The van der Waals surface area contributed by atoms with E-state index in [9.17, 15) is 4.79 Å². The Bertz CT molecular complexity index is 1020. The van der Waals surface area contributed by atoms with Gasteiger partial charge in [0, 0.05) is 31.0 Å². The molecule has 1 fully saturated rings. The molecule has 4 heteroatoms. The summed E-state index contributed by atoms with van der Waals surface area (Å²) in [5, 5.41) is 3.52. The average molecular weight is 494 g/mol. The normalized spacial score (nSPS) is 15.9. The molecular formula is C32H51N3O. The van der Waals surface area contributed by atoms with Crippen molar-refractivity contribution < 1.29 is 4.79 Å². The average Bonchev–Trinajstić information content (AvgIpc) is 3.08. The molecule has 4 nitrogen and oxygen atoms in total. The number of aromatic nitrogens is 1. The van der Waals surface area contributed by atoms with Gasteiger partial charge in [-0.05, 0) is 90.8 Å². The molecule has 3 rings (SSSR count). The number of primary amides is 1. The molecule has 0 saturated heterocycles. The van der Waals surface area contributed by atoms with Crippen molar-refractivity contribution in [3.8, 4) is 11.3 Å². The molecule has 36 heavy (non-hydrogen) atoms. The Morgan fingerprint density at radius 1 is 0.917 bits per heavy atom. The number of rotatable bonds is 8. The molecule has 0 unspecified atom stereocenters. The summed E-state index contributed by atoms with van der Waals surface area (Å²) in [6.07, 6.45) is 6.73. The lowest BCUT2D eigenvalue weighted by Gasteiger charge is -2.27. The van der Waals surface area contributed by atoms with Crippen molar-refractivity contribution >= 4 is 5.91 Å². The van der Waals surface area contributed by atoms with E-state index in [1.54, 1.807) is 0 Å². The van der Waals surface area contributed by atoms with E-state index < -0.39 is 5.41 Å². The molecule has 0 radical (unpaired) electrons. The molecule has 1 saturated carbocycles. The van der Waals surface area contributed by atoms with Crippen LogP contribution in [0.15, 0.2) is 24.3 Å². The number of carbonyl (C=O) groups is 1. The fraction of sp³-hybridized carbons (Fsp3) is 0.656. The third-order valence-corrected chi connectivity index (χ3v) is 8.15. The van der Waals surface area contributed by atoms with Crippen molar-refractivity contribution in [2.75, 3.05) is 6.54 Å². The van der Waals surface area contributed by atoms with Crippen molar-refractivity contribution in [3.63, 3.8) is 0 Å². The number of amides is 1. The highest BCUT2D eigenvalue weighted by Crippen LogP contribution is 2.37. The van der Waals surface area contributed by atoms with Crippen LogP contribution in [0.25, 0.3) is 11.3 Å². The topological polar surface area (TPSA) is 60.0 Å². The van der Waals surface area contributed by atoms with Gasteiger partial charge in [-0.2, -0.15) is 0 Å². The SMILES string of the molecule is Cc1c(CNCC(C)(C)C(N)=O)cc(-c2cc(C(C)(C)C)cc(C(C)(C)C)c2)n1CC1CCCCC1. The monoisotopic (exact) mass is 493 g/mol. The highest BCUT2D eigenvalue weighted by atomic mass is 16.1. The van der Waals surface area contributed by atoms with Crippen LogP contribution >= 0.6 is 0 Å². The highest BCUT2D eigenvalue weighted by molar-refractivity contribution is 5.80. The molecule has 1 amide bonds. The molecule has 200 valence electrons. The van der Waals surface area contributed by atoms with E-state index >= 15 is 0 Å². The lowest BCUT2D eigenvalue weighted by molar-refractivity contribution is -0.125. The Morgan fingerprint density at radius 2 is 1.47 bits per heavy atom. The summed E-state index contributed by atoms with van der Waals surface area (Å²) in [4.78, 5) is 11.8. The maximum absolute atomic E-state index is 11.8. The zero-order valence-electron chi connectivity index (χ0n) is 24.5. The van der Waals surface area contributed by atoms with Crippen LogP contribution in [0, 0.1) is 18.3 Å².